The standard InChI is InChI=1S/C17H15ClN4O3/c1-10-7-15(24-21-10)14(9-19-16-8-11(2)22-25-16)17(23)20-13-5-3-12(18)4-6-13/h3-9,19H,1-2H3,(H,20,23). The molecule has 128 valence electrons. The zero-order valence-electron chi connectivity index (χ0n) is 13.5. The largest absolute Gasteiger partial charge is 0.356 e. The van der Waals surface area contributed by atoms with Crippen LogP contribution in [0.5, 0.6) is 0 Å². The third-order valence-electron chi connectivity index (χ3n) is 3.23. The third kappa shape index (κ3) is 4.27. The van der Waals surface area contributed by atoms with E-state index in [1.165, 1.54) is 6.20 Å². The molecule has 0 saturated heterocycles. The summed E-state index contributed by atoms with van der Waals surface area (Å²) in [4.78, 5) is 12.6. The highest BCUT2D eigenvalue weighted by Crippen LogP contribution is 2.20. The van der Waals surface area contributed by atoms with Crippen LogP contribution in [0.3, 0.4) is 0 Å². The van der Waals surface area contributed by atoms with E-state index in [1.807, 2.05) is 0 Å². The third-order valence-corrected chi connectivity index (χ3v) is 3.48. The highest BCUT2D eigenvalue weighted by atomic mass is 35.5. The number of carbonyl (C=O) groups is 1. The normalized spacial score (nSPS) is 11.4. The lowest BCUT2D eigenvalue weighted by molar-refractivity contribution is -0.111. The van der Waals surface area contributed by atoms with Gasteiger partial charge in [0.05, 0.1) is 11.4 Å². The quantitative estimate of drug-likeness (QED) is 0.669. The molecule has 0 unspecified atom stereocenters. The Labute approximate surface area is 148 Å². The monoisotopic (exact) mass is 358 g/mol. The van der Waals surface area contributed by atoms with Gasteiger partial charge in [0.25, 0.3) is 5.91 Å². The van der Waals surface area contributed by atoms with E-state index in [0.717, 1.165) is 5.69 Å². The molecule has 0 aliphatic rings. The Hall–Kier alpha value is -3.06. The van der Waals surface area contributed by atoms with Gasteiger partial charge in [-0.3, -0.25) is 4.79 Å². The van der Waals surface area contributed by atoms with Crippen LogP contribution >= 0.6 is 11.6 Å². The average molecular weight is 359 g/mol. The van der Waals surface area contributed by atoms with E-state index in [4.69, 9.17) is 20.6 Å². The van der Waals surface area contributed by atoms with Gasteiger partial charge in [-0.25, -0.2) is 0 Å². The summed E-state index contributed by atoms with van der Waals surface area (Å²) in [6.07, 6.45) is 1.48. The fraction of sp³-hybridized carbons (Fsp3) is 0.118. The summed E-state index contributed by atoms with van der Waals surface area (Å²) in [6.45, 7) is 3.57. The molecule has 2 aromatic heterocycles. The Balaban J connectivity index is 1.84. The Morgan fingerprint density at radius 2 is 1.76 bits per heavy atom. The molecule has 2 N–H and O–H groups in total. The van der Waals surface area contributed by atoms with E-state index in [9.17, 15) is 4.79 Å². The first-order valence-electron chi connectivity index (χ1n) is 7.42. The van der Waals surface area contributed by atoms with Crippen molar-refractivity contribution >= 4 is 34.7 Å². The van der Waals surface area contributed by atoms with Crippen LogP contribution in [-0.2, 0) is 4.79 Å². The lowest BCUT2D eigenvalue weighted by Gasteiger charge is -2.07. The van der Waals surface area contributed by atoms with Crippen molar-refractivity contribution in [2.45, 2.75) is 13.8 Å². The maximum atomic E-state index is 12.6. The summed E-state index contributed by atoms with van der Waals surface area (Å²) in [5, 5.41) is 13.8. The molecule has 0 saturated carbocycles. The first kappa shape index (κ1) is 16.8. The van der Waals surface area contributed by atoms with Gasteiger partial charge >= 0.3 is 0 Å². The predicted octanol–water partition coefficient (Wildman–Crippen LogP) is 4.02. The molecule has 0 aliphatic carbocycles. The maximum absolute atomic E-state index is 12.6. The number of anilines is 2. The summed E-state index contributed by atoms with van der Waals surface area (Å²) < 4.78 is 10.3. The van der Waals surface area contributed by atoms with Gasteiger partial charge < -0.3 is 19.7 Å². The zero-order chi connectivity index (χ0) is 17.8. The number of benzene rings is 1. The number of rotatable bonds is 5. The zero-order valence-corrected chi connectivity index (χ0v) is 14.3. The number of carbonyl (C=O) groups excluding carboxylic acids is 1. The SMILES string of the molecule is Cc1cc(NC=C(C(=O)Nc2ccc(Cl)cc2)c2cc(C)no2)on1. The first-order chi connectivity index (χ1) is 12.0. The number of hydrogen-bond acceptors (Lipinski definition) is 6. The molecular weight excluding hydrogens is 344 g/mol. The second-order valence-corrected chi connectivity index (χ2v) is 5.76. The van der Waals surface area contributed by atoms with Crippen molar-refractivity contribution < 1.29 is 13.8 Å². The van der Waals surface area contributed by atoms with Gasteiger partial charge in [0, 0.05) is 29.0 Å². The number of halogens is 1. The Morgan fingerprint density at radius 1 is 1.08 bits per heavy atom. The number of nitrogens with zero attached hydrogens (tertiary/aromatic N) is 2. The number of aryl methyl sites for hydroxylation is 2. The lowest BCUT2D eigenvalue weighted by atomic mass is 10.2. The van der Waals surface area contributed by atoms with Gasteiger partial charge in [-0.15, -0.1) is 0 Å². The molecule has 8 heteroatoms. The van der Waals surface area contributed by atoms with E-state index in [0.29, 0.717) is 28.0 Å². The van der Waals surface area contributed by atoms with Gasteiger partial charge in [-0.1, -0.05) is 21.9 Å². The highest BCUT2D eigenvalue weighted by molar-refractivity contribution is 6.30. The molecule has 1 amide bonds. The molecule has 0 bridgehead atoms. The van der Waals surface area contributed by atoms with E-state index in [-0.39, 0.29) is 11.5 Å². The van der Waals surface area contributed by atoms with Gasteiger partial charge in [0.2, 0.25) is 5.88 Å². The van der Waals surface area contributed by atoms with Crippen LogP contribution < -0.4 is 10.6 Å². The van der Waals surface area contributed by atoms with E-state index < -0.39 is 0 Å². The molecule has 3 aromatic rings. The van der Waals surface area contributed by atoms with Crippen molar-refractivity contribution in [2.75, 3.05) is 10.6 Å². The van der Waals surface area contributed by atoms with Gasteiger partial charge in [0.1, 0.15) is 5.57 Å². The number of aromatic nitrogens is 2. The minimum atomic E-state index is -0.373. The summed E-state index contributed by atoms with van der Waals surface area (Å²) in [5.74, 6) is 0.362. The second kappa shape index (κ2) is 7.23. The van der Waals surface area contributed by atoms with Crippen LogP contribution in [0, 0.1) is 13.8 Å². The second-order valence-electron chi connectivity index (χ2n) is 5.33. The topological polar surface area (TPSA) is 93.2 Å². The molecule has 3 rings (SSSR count). The molecule has 1 aromatic carbocycles. The van der Waals surface area contributed by atoms with Crippen LogP contribution in [0.2, 0.25) is 5.02 Å². The smallest absolute Gasteiger partial charge is 0.261 e. The molecular formula is C17H15ClN4O3. The summed E-state index contributed by atoms with van der Waals surface area (Å²) in [7, 11) is 0. The van der Waals surface area contributed by atoms with Crippen LogP contribution in [0.15, 0.2) is 51.6 Å². The Morgan fingerprint density at radius 3 is 2.36 bits per heavy atom. The molecule has 0 fully saturated rings. The minimum Gasteiger partial charge on any atom is -0.356 e. The summed E-state index contributed by atoms with van der Waals surface area (Å²) in [5.41, 5.74) is 2.24. The molecule has 25 heavy (non-hydrogen) atoms. The summed E-state index contributed by atoms with van der Waals surface area (Å²) >= 11 is 5.86. The van der Waals surface area contributed by atoms with Gasteiger partial charge in [-0.05, 0) is 38.1 Å². The number of nitrogens with one attached hydrogen (secondary N) is 2. The van der Waals surface area contributed by atoms with Crippen molar-refractivity contribution in [1.82, 2.24) is 10.3 Å². The van der Waals surface area contributed by atoms with Crippen molar-refractivity contribution in [3.05, 3.63) is 64.8 Å². The minimum absolute atomic E-state index is 0.254. The first-order valence-corrected chi connectivity index (χ1v) is 7.80. The van der Waals surface area contributed by atoms with E-state index in [1.54, 1.807) is 50.2 Å². The number of amides is 1. The molecule has 0 aliphatic heterocycles. The van der Waals surface area contributed by atoms with Crippen molar-refractivity contribution in [3.8, 4) is 0 Å². The fourth-order valence-electron chi connectivity index (χ4n) is 2.05. The van der Waals surface area contributed by atoms with E-state index >= 15 is 0 Å². The van der Waals surface area contributed by atoms with Crippen LogP contribution in [0.1, 0.15) is 17.1 Å². The van der Waals surface area contributed by atoms with E-state index in [2.05, 4.69) is 20.9 Å². The van der Waals surface area contributed by atoms with Gasteiger partial charge in [-0.2, -0.15) is 0 Å². The molecule has 0 atom stereocenters. The van der Waals surface area contributed by atoms with Crippen molar-refractivity contribution in [2.24, 2.45) is 0 Å². The average Bonchev–Trinajstić information content (AvgIpc) is 3.18. The fourth-order valence-corrected chi connectivity index (χ4v) is 2.17. The molecule has 7 nitrogen and oxygen atoms in total. The molecule has 2 heterocycles. The lowest BCUT2D eigenvalue weighted by Crippen LogP contribution is -2.14. The van der Waals surface area contributed by atoms with Crippen molar-refractivity contribution in [1.29, 1.82) is 0 Å². The van der Waals surface area contributed by atoms with Crippen LogP contribution in [0.4, 0.5) is 11.6 Å². The molecule has 0 spiro atoms. The Bertz CT molecular complexity index is 912. The highest BCUT2D eigenvalue weighted by Gasteiger charge is 2.17. The van der Waals surface area contributed by atoms with Gasteiger partial charge in [0.15, 0.2) is 5.76 Å². The number of hydrogen-bond donors (Lipinski definition) is 2. The van der Waals surface area contributed by atoms with Crippen LogP contribution in [-0.4, -0.2) is 16.2 Å². The predicted molar refractivity (Wildman–Crippen MR) is 94.2 cm³/mol. The van der Waals surface area contributed by atoms with Crippen LogP contribution in [0.25, 0.3) is 5.57 Å². The molecule has 0 radical (unpaired) electrons. The van der Waals surface area contributed by atoms with Crippen molar-refractivity contribution in [3.63, 3.8) is 0 Å². The summed E-state index contributed by atoms with van der Waals surface area (Å²) in [6, 6.07) is 10.2. The Kier molecular flexibility index (Phi) is 4.85. The maximum Gasteiger partial charge on any atom is 0.261 e.